The van der Waals surface area contributed by atoms with Crippen LogP contribution in [0.1, 0.15) is 21.5 Å². The van der Waals surface area contributed by atoms with E-state index in [1.807, 2.05) is 12.3 Å². The van der Waals surface area contributed by atoms with Crippen molar-refractivity contribution in [1.29, 1.82) is 0 Å². The molecule has 7 nitrogen and oxygen atoms in total. The highest BCUT2D eigenvalue weighted by atomic mass is 32.2. The summed E-state index contributed by atoms with van der Waals surface area (Å²) in [4.78, 5) is 22.4. The molecule has 0 fully saturated rings. The summed E-state index contributed by atoms with van der Waals surface area (Å²) < 4.78 is 6.33. The Hall–Kier alpha value is -2.39. The number of benzene rings is 1. The minimum absolute atomic E-state index is 0.0253. The first-order chi connectivity index (χ1) is 11.5. The molecule has 1 N–H and O–H groups in total. The number of thiophene rings is 1. The summed E-state index contributed by atoms with van der Waals surface area (Å²) in [6.45, 7) is 1.58. The predicted octanol–water partition coefficient (Wildman–Crippen LogP) is 3.46. The second-order valence-electron chi connectivity index (χ2n) is 4.67. The molecule has 0 bridgehead atoms. The van der Waals surface area contributed by atoms with Gasteiger partial charge in [0.15, 0.2) is 5.06 Å². The maximum absolute atomic E-state index is 12.1. The second kappa shape index (κ2) is 7.93. The van der Waals surface area contributed by atoms with E-state index >= 15 is 0 Å². The SMILES string of the molecule is COc1sc(SC)cc1/C=N/NC(=O)c1ccc([N+](=O)[O-])c(C)c1. The van der Waals surface area contributed by atoms with Gasteiger partial charge < -0.3 is 4.74 Å². The van der Waals surface area contributed by atoms with Gasteiger partial charge >= 0.3 is 0 Å². The van der Waals surface area contributed by atoms with Crippen molar-refractivity contribution >= 4 is 40.9 Å². The molecule has 0 radical (unpaired) electrons. The number of hydrogen-bond donors (Lipinski definition) is 1. The molecule has 126 valence electrons. The lowest BCUT2D eigenvalue weighted by molar-refractivity contribution is -0.385. The molecular formula is C15H15N3O4S2. The number of ether oxygens (including phenoxy) is 1. The van der Waals surface area contributed by atoms with E-state index in [0.717, 1.165) is 9.77 Å². The number of carbonyl (C=O) groups excluding carboxylic acids is 1. The highest BCUT2D eigenvalue weighted by Crippen LogP contribution is 2.34. The van der Waals surface area contributed by atoms with E-state index in [0.29, 0.717) is 16.2 Å². The minimum Gasteiger partial charge on any atom is -0.487 e. The van der Waals surface area contributed by atoms with E-state index < -0.39 is 10.8 Å². The van der Waals surface area contributed by atoms with E-state index in [1.165, 1.54) is 35.8 Å². The molecule has 0 aliphatic rings. The molecule has 2 rings (SSSR count). The molecule has 0 unspecified atom stereocenters. The largest absolute Gasteiger partial charge is 0.487 e. The smallest absolute Gasteiger partial charge is 0.272 e. The zero-order valence-corrected chi connectivity index (χ0v) is 14.9. The fraction of sp³-hybridized carbons (Fsp3) is 0.200. The summed E-state index contributed by atoms with van der Waals surface area (Å²) in [5, 5.41) is 15.4. The van der Waals surface area contributed by atoms with Crippen LogP contribution in [-0.4, -0.2) is 30.4 Å². The van der Waals surface area contributed by atoms with Gasteiger partial charge in [-0.3, -0.25) is 14.9 Å². The van der Waals surface area contributed by atoms with Crippen molar-refractivity contribution < 1.29 is 14.5 Å². The number of hydrogen-bond acceptors (Lipinski definition) is 7. The van der Waals surface area contributed by atoms with Crippen molar-refractivity contribution in [2.45, 2.75) is 11.1 Å². The molecule has 0 spiro atoms. The fourth-order valence-corrected chi connectivity index (χ4v) is 3.43. The van der Waals surface area contributed by atoms with E-state index in [9.17, 15) is 14.9 Å². The molecule has 0 saturated heterocycles. The van der Waals surface area contributed by atoms with E-state index in [1.54, 1.807) is 25.8 Å². The van der Waals surface area contributed by atoms with Gasteiger partial charge in [-0.25, -0.2) is 5.43 Å². The fourth-order valence-electron chi connectivity index (χ4n) is 1.94. The number of nitro benzene ring substituents is 1. The maximum atomic E-state index is 12.1. The summed E-state index contributed by atoms with van der Waals surface area (Å²) in [5.74, 6) is -0.441. The van der Waals surface area contributed by atoms with Gasteiger partial charge in [0, 0.05) is 22.8 Å². The number of nitro groups is 1. The Morgan fingerprint density at radius 3 is 2.79 bits per heavy atom. The van der Waals surface area contributed by atoms with Crippen molar-refractivity contribution in [3.63, 3.8) is 0 Å². The first-order valence-electron chi connectivity index (χ1n) is 6.76. The summed E-state index contributed by atoms with van der Waals surface area (Å²) in [7, 11) is 1.57. The molecule has 0 aliphatic carbocycles. The minimum atomic E-state index is -0.485. The Morgan fingerprint density at radius 2 is 2.21 bits per heavy atom. The molecule has 0 atom stereocenters. The predicted molar refractivity (Wildman–Crippen MR) is 95.5 cm³/mol. The number of hydrazone groups is 1. The number of thioether (sulfide) groups is 1. The lowest BCUT2D eigenvalue weighted by Gasteiger charge is -2.02. The monoisotopic (exact) mass is 365 g/mol. The van der Waals surface area contributed by atoms with Crippen LogP contribution >= 0.6 is 23.1 Å². The average molecular weight is 365 g/mol. The number of rotatable bonds is 6. The molecule has 0 saturated carbocycles. The number of methoxy groups -OCH3 is 1. The Kier molecular flexibility index (Phi) is 5.93. The van der Waals surface area contributed by atoms with Gasteiger partial charge in [0.1, 0.15) is 0 Å². The molecule has 1 aromatic heterocycles. The van der Waals surface area contributed by atoms with Crippen molar-refractivity contribution in [2.75, 3.05) is 13.4 Å². The Balaban J connectivity index is 2.09. The Morgan fingerprint density at radius 1 is 1.46 bits per heavy atom. The summed E-state index contributed by atoms with van der Waals surface area (Å²) in [5.41, 5.74) is 3.87. The van der Waals surface area contributed by atoms with Crippen LogP contribution in [0.2, 0.25) is 0 Å². The lowest BCUT2D eigenvalue weighted by atomic mass is 10.1. The molecule has 1 aromatic carbocycles. The van der Waals surface area contributed by atoms with Crippen molar-refractivity contribution in [3.05, 3.63) is 51.1 Å². The van der Waals surface area contributed by atoms with E-state index in [-0.39, 0.29) is 5.69 Å². The quantitative estimate of drug-likeness (QED) is 0.366. The van der Waals surface area contributed by atoms with Crippen LogP contribution in [0.4, 0.5) is 5.69 Å². The zero-order chi connectivity index (χ0) is 17.7. The van der Waals surface area contributed by atoms with Crippen LogP contribution < -0.4 is 10.2 Å². The van der Waals surface area contributed by atoms with Crippen LogP contribution in [0.5, 0.6) is 5.06 Å². The van der Waals surface area contributed by atoms with Gasteiger partial charge in [0.25, 0.3) is 11.6 Å². The normalized spacial score (nSPS) is 10.8. The third-order valence-corrected chi connectivity index (χ3v) is 5.29. The van der Waals surface area contributed by atoms with E-state index in [4.69, 9.17) is 4.74 Å². The van der Waals surface area contributed by atoms with Gasteiger partial charge in [0.2, 0.25) is 0 Å². The zero-order valence-electron chi connectivity index (χ0n) is 13.2. The van der Waals surface area contributed by atoms with Crippen molar-refractivity contribution in [3.8, 4) is 5.06 Å². The van der Waals surface area contributed by atoms with Crippen LogP contribution in [0.3, 0.4) is 0 Å². The van der Waals surface area contributed by atoms with Gasteiger partial charge in [-0.2, -0.15) is 5.10 Å². The van der Waals surface area contributed by atoms with Crippen LogP contribution in [0.25, 0.3) is 0 Å². The van der Waals surface area contributed by atoms with Crippen molar-refractivity contribution in [2.24, 2.45) is 5.10 Å². The maximum Gasteiger partial charge on any atom is 0.272 e. The third kappa shape index (κ3) is 4.12. The van der Waals surface area contributed by atoms with Crippen LogP contribution in [0, 0.1) is 17.0 Å². The standard InChI is InChI=1S/C15H15N3O4S2/c1-9-6-10(4-5-12(9)18(20)21)14(19)17-16-8-11-7-13(23-3)24-15(11)22-2/h4-8H,1-3H3,(H,17,19)/b16-8+. The molecule has 0 aliphatic heterocycles. The van der Waals surface area contributed by atoms with Gasteiger partial charge in [-0.05, 0) is 31.4 Å². The summed E-state index contributed by atoms with van der Waals surface area (Å²) >= 11 is 3.09. The lowest BCUT2D eigenvalue weighted by Crippen LogP contribution is -2.17. The molecule has 1 amide bonds. The van der Waals surface area contributed by atoms with E-state index in [2.05, 4.69) is 10.5 Å². The van der Waals surface area contributed by atoms with Crippen LogP contribution in [0.15, 0.2) is 33.6 Å². The Bertz CT molecular complexity index is 802. The average Bonchev–Trinajstić information content (AvgIpc) is 2.96. The molecular weight excluding hydrogens is 350 g/mol. The molecule has 2 aromatic rings. The number of aryl methyl sites for hydroxylation is 1. The first kappa shape index (κ1) is 18.0. The number of carbonyl (C=O) groups is 1. The van der Waals surface area contributed by atoms with Gasteiger partial charge in [0.05, 0.1) is 22.5 Å². The molecule has 1 heterocycles. The third-order valence-electron chi connectivity index (χ3n) is 3.11. The second-order valence-corrected chi connectivity index (χ2v) is 6.80. The number of amides is 1. The van der Waals surface area contributed by atoms with Gasteiger partial charge in [-0.15, -0.1) is 11.8 Å². The van der Waals surface area contributed by atoms with Gasteiger partial charge in [-0.1, -0.05) is 11.3 Å². The molecule has 9 heteroatoms. The first-order valence-corrected chi connectivity index (χ1v) is 8.80. The molecule has 24 heavy (non-hydrogen) atoms. The highest BCUT2D eigenvalue weighted by molar-refractivity contribution is 8.00. The summed E-state index contributed by atoms with van der Waals surface area (Å²) in [6.07, 6.45) is 3.47. The number of nitrogens with zero attached hydrogens (tertiary/aromatic N) is 2. The Labute approximate surface area is 146 Å². The van der Waals surface area contributed by atoms with Crippen molar-refractivity contribution in [1.82, 2.24) is 5.43 Å². The summed E-state index contributed by atoms with van der Waals surface area (Å²) in [6, 6.07) is 6.08. The number of nitrogens with one attached hydrogen (secondary N) is 1. The highest BCUT2D eigenvalue weighted by Gasteiger charge is 2.13. The van der Waals surface area contributed by atoms with Crippen LogP contribution in [-0.2, 0) is 0 Å². The topological polar surface area (TPSA) is 93.8 Å².